The van der Waals surface area contributed by atoms with Crippen LogP contribution in [0.3, 0.4) is 0 Å². The summed E-state index contributed by atoms with van der Waals surface area (Å²) < 4.78 is 17.1. The molecule has 1 saturated carbocycles. The Labute approximate surface area is 211 Å². The van der Waals surface area contributed by atoms with Gasteiger partial charge in [-0.05, 0) is 80.7 Å². The molecule has 4 rings (SSSR count). The lowest BCUT2D eigenvalue weighted by Gasteiger charge is -2.29. The minimum absolute atomic E-state index is 0.0416. The van der Waals surface area contributed by atoms with Crippen LogP contribution in [0.4, 0.5) is 0 Å². The van der Waals surface area contributed by atoms with Gasteiger partial charge in [-0.25, -0.2) is 4.79 Å². The molecule has 1 unspecified atom stereocenters. The predicted molar refractivity (Wildman–Crippen MR) is 137 cm³/mol. The highest BCUT2D eigenvalue weighted by atomic mass is 35.5. The van der Waals surface area contributed by atoms with Crippen LogP contribution in [0.15, 0.2) is 54.3 Å². The third-order valence-electron chi connectivity index (χ3n) is 6.66. The second-order valence-corrected chi connectivity index (χ2v) is 10.7. The number of esters is 1. The van der Waals surface area contributed by atoms with E-state index >= 15 is 0 Å². The van der Waals surface area contributed by atoms with Gasteiger partial charge in [0.2, 0.25) is 0 Å². The van der Waals surface area contributed by atoms with Crippen molar-refractivity contribution >= 4 is 35.0 Å². The fourth-order valence-corrected chi connectivity index (χ4v) is 6.31. The van der Waals surface area contributed by atoms with Crippen molar-refractivity contribution in [2.75, 3.05) is 13.7 Å². The number of rotatable bonds is 9. The van der Waals surface area contributed by atoms with Crippen molar-refractivity contribution in [2.45, 2.75) is 62.7 Å². The Morgan fingerprint density at radius 3 is 2.85 bits per heavy atom. The van der Waals surface area contributed by atoms with E-state index in [-0.39, 0.29) is 29.7 Å². The summed E-state index contributed by atoms with van der Waals surface area (Å²) in [7, 11) is 1.42. The molecule has 1 aliphatic heterocycles. The summed E-state index contributed by atoms with van der Waals surface area (Å²) >= 11 is 8.40. The van der Waals surface area contributed by atoms with Gasteiger partial charge in [-0.1, -0.05) is 30.3 Å². The zero-order valence-electron chi connectivity index (χ0n) is 19.7. The number of halogens is 1. The van der Waals surface area contributed by atoms with Crippen LogP contribution in [-0.4, -0.2) is 37.5 Å². The van der Waals surface area contributed by atoms with Crippen molar-refractivity contribution in [2.24, 2.45) is 11.8 Å². The highest BCUT2D eigenvalue weighted by Crippen LogP contribution is 2.42. The first-order chi connectivity index (χ1) is 16.6. The zero-order chi connectivity index (χ0) is 23.8. The summed E-state index contributed by atoms with van der Waals surface area (Å²) in [5.74, 6) is 0.238. The van der Waals surface area contributed by atoms with E-state index < -0.39 is 0 Å². The summed E-state index contributed by atoms with van der Waals surface area (Å²) in [4.78, 5) is 13.6. The second kappa shape index (κ2) is 12.7. The van der Waals surface area contributed by atoms with E-state index in [1.807, 2.05) is 36.4 Å². The standard InChI is InChI=1S/C28H33ClO4S/c1-31-28(30)26-17-16-21(34-26)12-8-13-22-23(14-7-11-20-9-3-2-4-10-20)25(19-24(22)29)33-27-15-5-6-18-32-27/h2-4,9-11,14,16-17,22-25,27H,5-6,8,12-13,15,18-19H2,1H3/t7?,22-,23-,24-,25-,27?/m1/s1. The monoisotopic (exact) mass is 500 g/mol. The van der Waals surface area contributed by atoms with Crippen molar-refractivity contribution < 1.29 is 19.0 Å². The molecule has 1 saturated heterocycles. The van der Waals surface area contributed by atoms with Gasteiger partial charge >= 0.3 is 5.97 Å². The average Bonchev–Trinajstić information content (AvgIpc) is 3.45. The molecule has 4 nitrogen and oxygen atoms in total. The third kappa shape index (κ3) is 6.84. The summed E-state index contributed by atoms with van der Waals surface area (Å²) in [6.45, 7) is 0.772. The van der Waals surface area contributed by atoms with E-state index in [4.69, 9.17) is 25.8 Å². The van der Waals surface area contributed by atoms with Crippen LogP contribution in [0, 0.1) is 11.8 Å². The number of hydrogen-bond acceptors (Lipinski definition) is 5. The molecule has 182 valence electrons. The SMILES string of the molecule is COC(=O)c1ccc(CCC[C@@H]2[C@@H](C=C=Cc3ccccc3)[C@H](OC3CCCCO3)C[C@H]2Cl)s1. The van der Waals surface area contributed by atoms with Crippen LogP contribution in [0.2, 0.25) is 0 Å². The van der Waals surface area contributed by atoms with Crippen LogP contribution >= 0.6 is 22.9 Å². The maximum Gasteiger partial charge on any atom is 0.348 e. The molecule has 0 radical (unpaired) electrons. The molecule has 2 fully saturated rings. The largest absolute Gasteiger partial charge is 0.465 e. The molecule has 1 aromatic carbocycles. The zero-order valence-corrected chi connectivity index (χ0v) is 21.2. The molecule has 34 heavy (non-hydrogen) atoms. The number of methoxy groups -OCH3 is 1. The van der Waals surface area contributed by atoms with E-state index in [1.165, 1.54) is 23.3 Å². The van der Waals surface area contributed by atoms with Gasteiger partial charge in [0.25, 0.3) is 0 Å². The lowest BCUT2D eigenvalue weighted by Crippen LogP contribution is -2.30. The van der Waals surface area contributed by atoms with E-state index in [0.29, 0.717) is 10.8 Å². The molecule has 6 heteroatoms. The smallest absolute Gasteiger partial charge is 0.348 e. The number of carbonyl (C=O) groups is 1. The molecule has 0 amide bonds. The molecule has 1 aromatic heterocycles. The third-order valence-corrected chi connectivity index (χ3v) is 8.28. The fraction of sp³-hybridized carbons (Fsp3) is 0.500. The average molecular weight is 501 g/mol. The van der Waals surface area contributed by atoms with Crippen molar-refractivity contribution in [1.82, 2.24) is 0 Å². The van der Waals surface area contributed by atoms with Gasteiger partial charge in [0.05, 0.1) is 13.2 Å². The Hall–Kier alpha value is -1.88. The number of ether oxygens (including phenoxy) is 3. The Morgan fingerprint density at radius 1 is 1.24 bits per heavy atom. The van der Waals surface area contributed by atoms with E-state index in [0.717, 1.165) is 57.1 Å². The lowest BCUT2D eigenvalue weighted by molar-refractivity contribution is -0.192. The number of benzene rings is 1. The van der Waals surface area contributed by atoms with Gasteiger partial charge in [-0.3, -0.25) is 0 Å². The molecular formula is C28H33ClO4S. The van der Waals surface area contributed by atoms with Gasteiger partial charge in [-0.15, -0.1) is 28.7 Å². The summed E-state index contributed by atoms with van der Waals surface area (Å²) in [5.41, 5.74) is 4.54. The Balaban J connectivity index is 1.42. The number of carbonyl (C=O) groups excluding carboxylic acids is 1. The predicted octanol–water partition coefficient (Wildman–Crippen LogP) is 6.88. The lowest BCUT2D eigenvalue weighted by atomic mass is 9.89. The minimum atomic E-state index is -0.270. The van der Waals surface area contributed by atoms with Gasteiger partial charge in [0, 0.05) is 22.8 Å². The Kier molecular flexibility index (Phi) is 9.43. The highest BCUT2D eigenvalue weighted by Gasteiger charge is 2.42. The first-order valence-electron chi connectivity index (χ1n) is 12.2. The normalized spacial score (nSPS) is 26.6. The highest BCUT2D eigenvalue weighted by molar-refractivity contribution is 7.13. The van der Waals surface area contributed by atoms with Crippen LogP contribution in [-0.2, 0) is 20.6 Å². The second-order valence-electron chi connectivity index (χ2n) is 9.00. The molecule has 1 aliphatic carbocycles. The van der Waals surface area contributed by atoms with Crippen LogP contribution in [0.5, 0.6) is 0 Å². The fourth-order valence-electron chi connectivity index (χ4n) is 4.87. The Morgan fingerprint density at radius 2 is 2.09 bits per heavy atom. The van der Waals surface area contributed by atoms with Crippen molar-refractivity contribution in [3.8, 4) is 0 Å². The number of alkyl halides is 1. The molecular weight excluding hydrogens is 468 g/mol. The first-order valence-corrected chi connectivity index (χ1v) is 13.4. The van der Waals surface area contributed by atoms with Crippen molar-refractivity contribution in [1.29, 1.82) is 0 Å². The summed E-state index contributed by atoms with van der Waals surface area (Å²) in [6, 6.07) is 14.1. The minimum Gasteiger partial charge on any atom is -0.465 e. The molecule has 0 spiro atoms. The van der Waals surface area contributed by atoms with Crippen molar-refractivity contribution in [3.63, 3.8) is 0 Å². The van der Waals surface area contributed by atoms with E-state index in [1.54, 1.807) is 0 Å². The first kappa shape index (κ1) is 25.2. The van der Waals surface area contributed by atoms with E-state index in [9.17, 15) is 4.79 Å². The van der Waals surface area contributed by atoms with Crippen LogP contribution < -0.4 is 0 Å². The van der Waals surface area contributed by atoms with Gasteiger partial charge in [0.1, 0.15) is 4.88 Å². The number of thiophene rings is 1. The molecule has 0 bridgehead atoms. The molecule has 5 atom stereocenters. The van der Waals surface area contributed by atoms with Gasteiger partial charge < -0.3 is 14.2 Å². The van der Waals surface area contributed by atoms with Crippen LogP contribution in [0.1, 0.15) is 58.6 Å². The Bertz CT molecular complexity index is 975. The number of hydrogen-bond donors (Lipinski definition) is 0. The maximum absolute atomic E-state index is 11.7. The van der Waals surface area contributed by atoms with Crippen molar-refractivity contribution in [3.05, 3.63) is 69.6 Å². The van der Waals surface area contributed by atoms with Gasteiger partial charge in [-0.2, -0.15) is 0 Å². The molecule has 2 aromatic rings. The quantitative estimate of drug-likeness (QED) is 0.214. The van der Waals surface area contributed by atoms with Gasteiger partial charge in [0.15, 0.2) is 6.29 Å². The molecule has 2 heterocycles. The van der Waals surface area contributed by atoms with E-state index in [2.05, 4.69) is 23.9 Å². The molecule has 0 N–H and O–H groups in total. The summed E-state index contributed by atoms with van der Waals surface area (Å²) in [5, 5.41) is 0.0577. The van der Waals surface area contributed by atoms with Crippen LogP contribution in [0.25, 0.3) is 6.08 Å². The molecule has 2 aliphatic rings. The number of aryl methyl sites for hydroxylation is 1. The maximum atomic E-state index is 11.7. The summed E-state index contributed by atoms with van der Waals surface area (Å²) in [6.07, 6.45) is 11.1. The topological polar surface area (TPSA) is 44.8 Å².